The Morgan fingerprint density at radius 1 is 1.14 bits per heavy atom. The number of anilines is 1. The maximum Gasteiger partial charge on any atom is 0.239 e. The second-order valence-corrected chi connectivity index (χ2v) is 7.57. The van der Waals surface area contributed by atoms with Crippen molar-refractivity contribution in [1.82, 2.24) is 19.8 Å². The summed E-state index contributed by atoms with van der Waals surface area (Å²) >= 11 is 0. The molecule has 0 bridgehead atoms. The predicted octanol–water partition coefficient (Wildman–Crippen LogP) is 2.87. The van der Waals surface area contributed by atoms with E-state index in [2.05, 4.69) is 19.8 Å². The summed E-state index contributed by atoms with van der Waals surface area (Å²) in [4.78, 5) is 26.9. The van der Waals surface area contributed by atoms with E-state index >= 15 is 0 Å². The molecule has 1 unspecified atom stereocenters. The van der Waals surface area contributed by atoms with Crippen molar-refractivity contribution >= 4 is 22.6 Å². The summed E-state index contributed by atoms with van der Waals surface area (Å²) in [7, 11) is 1.82. The third-order valence-electron chi connectivity index (χ3n) is 5.61. The Hall–Kier alpha value is -2.93. The minimum absolute atomic E-state index is 0.0840. The van der Waals surface area contributed by atoms with Gasteiger partial charge >= 0.3 is 0 Å². The van der Waals surface area contributed by atoms with Crippen molar-refractivity contribution in [3.05, 3.63) is 60.2 Å². The van der Waals surface area contributed by atoms with Gasteiger partial charge in [0.25, 0.3) is 0 Å². The molecule has 152 valence electrons. The molecule has 1 atom stereocenters. The van der Waals surface area contributed by atoms with Crippen molar-refractivity contribution in [2.24, 2.45) is 0 Å². The number of likely N-dealkylation sites (N-methyl/N-ethyl adjacent to an activating group) is 1. The highest BCUT2D eigenvalue weighted by molar-refractivity contribution is 5.81. The number of hydrogen-bond acceptors (Lipinski definition) is 4. The predicted molar refractivity (Wildman–Crippen MR) is 112 cm³/mol. The van der Waals surface area contributed by atoms with Crippen molar-refractivity contribution in [2.45, 2.75) is 19.5 Å². The fourth-order valence-electron chi connectivity index (χ4n) is 3.88. The van der Waals surface area contributed by atoms with Crippen LogP contribution in [-0.4, -0.2) is 64.9 Å². The Bertz CT molecular complexity index is 945. The molecule has 1 amide bonds. The molecule has 1 N–H and O–H groups in total. The van der Waals surface area contributed by atoms with Crippen molar-refractivity contribution in [1.29, 1.82) is 0 Å². The summed E-state index contributed by atoms with van der Waals surface area (Å²) in [6.07, 6.45) is 0. The molecule has 1 fully saturated rings. The zero-order chi connectivity index (χ0) is 20.4. The number of hydrogen-bond donors (Lipinski definition) is 1. The summed E-state index contributed by atoms with van der Waals surface area (Å²) in [6.45, 7) is 5.64. The van der Waals surface area contributed by atoms with Crippen LogP contribution in [0.1, 0.15) is 12.7 Å². The van der Waals surface area contributed by atoms with Crippen LogP contribution in [-0.2, 0) is 11.3 Å². The molecule has 3 aromatic rings. The molecule has 0 aliphatic carbocycles. The quantitative estimate of drug-likeness (QED) is 0.722. The number of imidazole rings is 1. The van der Waals surface area contributed by atoms with Gasteiger partial charge in [0.2, 0.25) is 5.91 Å². The number of aromatic nitrogens is 2. The van der Waals surface area contributed by atoms with E-state index in [1.807, 2.05) is 38.2 Å². The van der Waals surface area contributed by atoms with Crippen molar-refractivity contribution in [3.63, 3.8) is 0 Å². The van der Waals surface area contributed by atoms with Gasteiger partial charge in [-0.1, -0.05) is 12.1 Å². The standard InChI is InChI=1S/C22H26FN5O/c1-16(27-11-13-28(14-12-27)18-9-7-17(23)8-10-18)22(29)26(2)15-21-24-19-5-3-4-6-20(19)25-21/h3-10,16H,11-15H2,1-2H3,(H,24,25). The summed E-state index contributed by atoms with van der Waals surface area (Å²) in [5.41, 5.74) is 2.91. The summed E-state index contributed by atoms with van der Waals surface area (Å²) in [5.74, 6) is 0.648. The van der Waals surface area contributed by atoms with Crippen LogP contribution in [0.3, 0.4) is 0 Å². The van der Waals surface area contributed by atoms with Gasteiger partial charge in [0.15, 0.2) is 0 Å². The Morgan fingerprint density at radius 3 is 2.52 bits per heavy atom. The van der Waals surface area contributed by atoms with E-state index in [1.54, 1.807) is 17.0 Å². The fraction of sp³-hybridized carbons (Fsp3) is 0.364. The first-order chi connectivity index (χ1) is 14.0. The molecule has 1 aromatic heterocycles. The Balaban J connectivity index is 1.33. The second kappa shape index (κ2) is 8.21. The number of aromatic amines is 1. The van der Waals surface area contributed by atoms with Gasteiger partial charge in [0.05, 0.1) is 23.6 Å². The minimum atomic E-state index is -0.223. The lowest BCUT2D eigenvalue weighted by Crippen LogP contribution is -2.54. The van der Waals surface area contributed by atoms with E-state index < -0.39 is 0 Å². The summed E-state index contributed by atoms with van der Waals surface area (Å²) in [6, 6.07) is 14.3. The fourth-order valence-corrected chi connectivity index (χ4v) is 3.88. The first kappa shape index (κ1) is 19.4. The number of rotatable bonds is 5. The molecule has 29 heavy (non-hydrogen) atoms. The molecule has 0 radical (unpaired) electrons. The number of fused-ring (bicyclic) bond motifs is 1. The first-order valence-electron chi connectivity index (χ1n) is 9.94. The smallest absolute Gasteiger partial charge is 0.239 e. The van der Waals surface area contributed by atoms with Gasteiger partial charge in [-0.3, -0.25) is 9.69 Å². The van der Waals surface area contributed by atoms with Gasteiger partial charge in [0.1, 0.15) is 11.6 Å². The molecular formula is C22H26FN5O. The molecule has 2 aromatic carbocycles. The highest BCUT2D eigenvalue weighted by Crippen LogP contribution is 2.18. The molecule has 1 aliphatic rings. The molecule has 0 spiro atoms. The molecule has 0 saturated carbocycles. The Kier molecular flexibility index (Phi) is 5.49. The van der Waals surface area contributed by atoms with Crippen molar-refractivity contribution in [3.8, 4) is 0 Å². The molecule has 1 aliphatic heterocycles. The van der Waals surface area contributed by atoms with Gasteiger partial charge in [-0.2, -0.15) is 0 Å². The SMILES string of the molecule is CC(C(=O)N(C)Cc1nc2ccccc2[nH]1)N1CCN(c2ccc(F)cc2)CC1. The first-order valence-corrected chi connectivity index (χ1v) is 9.94. The number of piperazine rings is 1. The number of benzene rings is 2. The van der Waals surface area contributed by atoms with Gasteiger partial charge in [-0.25, -0.2) is 9.37 Å². The second-order valence-electron chi connectivity index (χ2n) is 7.57. The van der Waals surface area contributed by atoms with E-state index in [1.165, 1.54) is 12.1 Å². The number of H-pyrrole nitrogens is 1. The maximum absolute atomic E-state index is 13.1. The molecule has 1 saturated heterocycles. The molecule has 7 heteroatoms. The molecule has 6 nitrogen and oxygen atoms in total. The highest BCUT2D eigenvalue weighted by atomic mass is 19.1. The summed E-state index contributed by atoms with van der Waals surface area (Å²) < 4.78 is 13.1. The van der Waals surface area contributed by atoms with E-state index in [-0.39, 0.29) is 17.8 Å². The number of carbonyl (C=O) groups excluding carboxylic acids is 1. The lowest BCUT2D eigenvalue weighted by Gasteiger charge is -2.39. The monoisotopic (exact) mass is 395 g/mol. The Morgan fingerprint density at radius 2 is 1.83 bits per heavy atom. The van der Waals surface area contributed by atoms with Crippen LogP contribution in [0.5, 0.6) is 0 Å². The van der Waals surface area contributed by atoms with Gasteiger partial charge in [-0.05, 0) is 43.3 Å². The topological polar surface area (TPSA) is 55.5 Å². The van der Waals surface area contributed by atoms with Crippen LogP contribution in [0, 0.1) is 5.82 Å². The molecule has 2 heterocycles. The van der Waals surface area contributed by atoms with Crippen molar-refractivity contribution in [2.75, 3.05) is 38.1 Å². The number of amides is 1. The Labute approximate surface area is 169 Å². The largest absolute Gasteiger partial charge is 0.369 e. The van der Waals surface area contributed by atoms with Crippen molar-refractivity contribution < 1.29 is 9.18 Å². The van der Waals surface area contributed by atoms with Crippen LogP contribution in [0.2, 0.25) is 0 Å². The molecule has 4 rings (SSSR count). The summed E-state index contributed by atoms with van der Waals surface area (Å²) in [5, 5.41) is 0. The van der Waals surface area contributed by atoms with Gasteiger partial charge in [0, 0.05) is 38.9 Å². The van der Waals surface area contributed by atoms with E-state index in [9.17, 15) is 9.18 Å². The normalized spacial score (nSPS) is 16.2. The third-order valence-corrected chi connectivity index (χ3v) is 5.61. The van der Waals surface area contributed by atoms with Gasteiger partial charge < -0.3 is 14.8 Å². The van der Waals surface area contributed by atoms with Crippen LogP contribution in [0.15, 0.2) is 48.5 Å². The zero-order valence-electron chi connectivity index (χ0n) is 16.8. The lowest BCUT2D eigenvalue weighted by molar-refractivity contribution is -0.135. The number of nitrogens with one attached hydrogen (secondary N) is 1. The van der Waals surface area contributed by atoms with E-state index in [0.29, 0.717) is 6.54 Å². The number of para-hydroxylation sites is 2. The van der Waals surface area contributed by atoms with Crippen LogP contribution >= 0.6 is 0 Å². The van der Waals surface area contributed by atoms with Crippen LogP contribution in [0.4, 0.5) is 10.1 Å². The number of nitrogens with zero attached hydrogens (tertiary/aromatic N) is 4. The number of carbonyl (C=O) groups is 1. The average molecular weight is 395 g/mol. The van der Waals surface area contributed by atoms with Crippen LogP contribution < -0.4 is 4.90 Å². The lowest BCUT2D eigenvalue weighted by atomic mass is 10.2. The van der Waals surface area contributed by atoms with E-state index in [4.69, 9.17) is 0 Å². The van der Waals surface area contributed by atoms with Crippen LogP contribution in [0.25, 0.3) is 11.0 Å². The minimum Gasteiger partial charge on any atom is -0.369 e. The maximum atomic E-state index is 13.1. The zero-order valence-corrected chi connectivity index (χ0v) is 16.8. The highest BCUT2D eigenvalue weighted by Gasteiger charge is 2.28. The molecular weight excluding hydrogens is 369 g/mol. The third kappa shape index (κ3) is 4.24. The number of halogens is 1. The average Bonchev–Trinajstić information content (AvgIpc) is 3.15. The van der Waals surface area contributed by atoms with Gasteiger partial charge in [-0.15, -0.1) is 0 Å². The van der Waals surface area contributed by atoms with E-state index in [0.717, 1.165) is 48.7 Å².